The van der Waals surface area contributed by atoms with Crippen molar-refractivity contribution in [3.63, 3.8) is 0 Å². The van der Waals surface area contributed by atoms with E-state index in [2.05, 4.69) is 33.5 Å². The van der Waals surface area contributed by atoms with E-state index in [1.807, 2.05) is 0 Å². The number of hydrogen-bond donors (Lipinski definition) is 5. The molecule has 0 radical (unpaired) electrons. The summed E-state index contributed by atoms with van der Waals surface area (Å²) >= 11 is 3.74. The van der Waals surface area contributed by atoms with Gasteiger partial charge in [0.2, 0.25) is 0 Å². The number of hydrogen-bond acceptors (Lipinski definition) is 12. The maximum atomic E-state index is 12.7. The molecule has 0 aliphatic carbocycles. The van der Waals surface area contributed by atoms with Crippen LogP contribution in [-0.2, 0) is 38.1 Å². The van der Waals surface area contributed by atoms with Gasteiger partial charge in [0.1, 0.15) is 23.6 Å². The highest BCUT2D eigenvalue weighted by Gasteiger charge is 2.30. The van der Waals surface area contributed by atoms with Crippen molar-refractivity contribution in [3.05, 3.63) is 29.8 Å². The van der Waals surface area contributed by atoms with Crippen LogP contribution in [0.5, 0.6) is 5.75 Å². The summed E-state index contributed by atoms with van der Waals surface area (Å²) in [5.41, 5.74) is -1.10. The number of carbonyl (C=O) groups excluding carboxylic acids is 5. The van der Waals surface area contributed by atoms with Gasteiger partial charge in [-0.3, -0.25) is 23.9 Å². The molecule has 1 atom stereocenters. The van der Waals surface area contributed by atoms with Crippen LogP contribution in [0.15, 0.2) is 24.3 Å². The van der Waals surface area contributed by atoms with E-state index >= 15 is 0 Å². The summed E-state index contributed by atoms with van der Waals surface area (Å²) in [6, 6.07) is 5.09. The molecule has 0 fully saturated rings. The Morgan fingerprint density at radius 3 is 1.85 bits per heavy atom. The molecule has 1 aromatic rings. The van der Waals surface area contributed by atoms with Crippen molar-refractivity contribution in [3.8, 4) is 5.75 Å². The standard InChI is InChI=1S/C30H48N4O11S/c1-29(2,3)44-23(35)10-11-31-26(37)24(33-28(39)45-30(4,5)6)27(38)32-12-13-40-14-15-41-16-17-42-18-19-43-22-9-7-8-21(20-22)25(36)34-46/h7-9,20,24,46H,10-19H2,1-6H3,(H,31,37)(H,32,38)(H,33,39)(H,34,36). The third-order valence-corrected chi connectivity index (χ3v) is 5.42. The van der Waals surface area contributed by atoms with E-state index in [1.54, 1.807) is 65.8 Å². The van der Waals surface area contributed by atoms with Gasteiger partial charge in [0.25, 0.3) is 17.7 Å². The summed E-state index contributed by atoms with van der Waals surface area (Å²) in [7, 11) is 0. The summed E-state index contributed by atoms with van der Waals surface area (Å²) in [5.74, 6) is -1.91. The first-order valence-electron chi connectivity index (χ1n) is 14.8. The summed E-state index contributed by atoms with van der Waals surface area (Å²) < 4.78 is 34.5. The third kappa shape index (κ3) is 19.7. The van der Waals surface area contributed by atoms with Gasteiger partial charge in [-0.15, -0.1) is 0 Å². The van der Waals surface area contributed by atoms with Crippen LogP contribution in [0.25, 0.3) is 0 Å². The van der Waals surface area contributed by atoms with Crippen LogP contribution in [0.2, 0.25) is 0 Å². The molecule has 260 valence electrons. The molecule has 0 spiro atoms. The lowest BCUT2D eigenvalue weighted by Gasteiger charge is -2.23. The maximum absolute atomic E-state index is 12.7. The van der Waals surface area contributed by atoms with Gasteiger partial charge in [0.15, 0.2) is 6.04 Å². The van der Waals surface area contributed by atoms with Crippen LogP contribution >= 0.6 is 12.8 Å². The second-order valence-electron chi connectivity index (χ2n) is 11.7. The summed E-state index contributed by atoms with van der Waals surface area (Å²) in [4.78, 5) is 61.2. The molecule has 0 aromatic heterocycles. The largest absolute Gasteiger partial charge is 0.491 e. The number of alkyl carbamates (subject to hydrolysis) is 1. The molecule has 4 amide bonds. The number of benzene rings is 1. The minimum atomic E-state index is -1.60. The molecular weight excluding hydrogens is 624 g/mol. The van der Waals surface area contributed by atoms with Gasteiger partial charge < -0.3 is 44.4 Å². The van der Waals surface area contributed by atoms with Crippen LogP contribution in [0, 0.1) is 0 Å². The van der Waals surface area contributed by atoms with Crippen molar-refractivity contribution in [2.45, 2.75) is 65.2 Å². The summed E-state index contributed by atoms with van der Waals surface area (Å²) in [5, 5.41) is 7.25. The lowest BCUT2D eigenvalue weighted by Crippen LogP contribution is -2.56. The van der Waals surface area contributed by atoms with E-state index in [1.165, 1.54) is 0 Å². The lowest BCUT2D eigenvalue weighted by atomic mass is 10.2. The molecule has 0 bridgehead atoms. The highest BCUT2D eigenvalue weighted by molar-refractivity contribution is 7.78. The van der Waals surface area contributed by atoms with Crippen molar-refractivity contribution >= 4 is 42.6 Å². The maximum Gasteiger partial charge on any atom is 0.408 e. The van der Waals surface area contributed by atoms with E-state index in [0.717, 1.165) is 0 Å². The van der Waals surface area contributed by atoms with Gasteiger partial charge in [-0.25, -0.2) is 4.79 Å². The second kappa shape index (κ2) is 21.2. The third-order valence-electron chi connectivity index (χ3n) is 5.22. The van der Waals surface area contributed by atoms with Crippen molar-refractivity contribution in [2.24, 2.45) is 0 Å². The number of ether oxygens (including phenoxy) is 6. The number of rotatable bonds is 20. The number of thiol groups is 1. The Kier molecular flexibility index (Phi) is 18.7. The van der Waals surface area contributed by atoms with Crippen LogP contribution in [-0.4, -0.2) is 106 Å². The fourth-order valence-corrected chi connectivity index (χ4v) is 3.49. The fourth-order valence-electron chi connectivity index (χ4n) is 3.36. The van der Waals surface area contributed by atoms with Gasteiger partial charge >= 0.3 is 12.1 Å². The monoisotopic (exact) mass is 672 g/mol. The predicted octanol–water partition coefficient (Wildman–Crippen LogP) is 1.55. The molecule has 0 aliphatic heterocycles. The molecule has 1 unspecified atom stereocenters. The minimum absolute atomic E-state index is 0.0574. The molecule has 15 nitrogen and oxygen atoms in total. The van der Waals surface area contributed by atoms with E-state index in [0.29, 0.717) is 37.7 Å². The average molecular weight is 673 g/mol. The van der Waals surface area contributed by atoms with Gasteiger partial charge in [0.05, 0.1) is 46.1 Å². The predicted molar refractivity (Wildman–Crippen MR) is 170 cm³/mol. The summed E-state index contributed by atoms with van der Waals surface area (Å²) in [6.45, 7) is 12.0. The lowest BCUT2D eigenvalue weighted by molar-refractivity contribution is -0.154. The van der Waals surface area contributed by atoms with Gasteiger partial charge in [-0.2, -0.15) is 0 Å². The molecule has 0 heterocycles. The van der Waals surface area contributed by atoms with Crippen molar-refractivity contribution in [1.82, 2.24) is 20.7 Å². The fraction of sp³-hybridized carbons (Fsp3) is 0.633. The van der Waals surface area contributed by atoms with Crippen molar-refractivity contribution in [1.29, 1.82) is 0 Å². The van der Waals surface area contributed by atoms with Crippen LogP contribution < -0.4 is 25.4 Å². The van der Waals surface area contributed by atoms with Gasteiger partial charge in [-0.05, 0) is 59.7 Å². The number of nitrogens with one attached hydrogen (secondary N) is 4. The molecule has 16 heteroatoms. The SMILES string of the molecule is CC(C)(C)OC(=O)CCNC(=O)C(NC(=O)OC(C)(C)C)C(=O)NCCOCCOCCOCCOc1cccc(C(=O)NS)c1. The van der Waals surface area contributed by atoms with E-state index < -0.39 is 41.1 Å². The molecule has 1 rings (SSSR count). The summed E-state index contributed by atoms with van der Waals surface area (Å²) in [6.07, 6.45) is -1.07. The number of amides is 4. The van der Waals surface area contributed by atoms with Crippen LogP contribution in [0.3, 0.4) is 0 Å². The van der Waals surface area contributed by atoms with Crippen LogP contribution in [0.1, 0.15) is 58.3 Å². The smallest absolute Gasteiger partial charge is 0.408 e. The Labute approximate surface area is 275 Å². The topological polar surface area (TPSA) is 189 Å². The minimum Gasteiger partial charge on any atom is -0.491 e. The number of carbonyl (C=O) groups is 5. The first-order valence-corrected chi connectivity index (χ1v) is 15.2. The highest BCUT2D eigenvalue weighted by atomic mass is 32.1. The first-order chi connectivity index (χ1) is 21.6. The molecule has 1 aromatic carbocycles. The molecular formula is C30H48N4O11S. The highest BCUT2D eigenvalue weighted by Crippen LogP contribution is 2.13. The first kappa shape index (κ1) is 40.4. The van der Waals surface area contributed by atoms with Crippen molar-refractivity contribution < 1.29 is 52.4 Å². The molecule has 0 aliphatic rings. The quantitative estimate of drug-likeness (QED) is 0.0585. The number of esters is 1. The Morgan fingerprint density at radius 2 is 1.28 bits per heavy atom. The van der Waals surface area contributed by atoms with Crippen molar-refractivity contribution in [2.75, 3.05) is 59.3 Å². The van der Waals surface area contributed by atoms with E-state index in [-0.39, 0.29) is 45.2 Å². The molecule has 0 saturated carbocycles. The average Bonchev–Trinajstić information content (AvgIpc) is 2.95. The molecule has 4 N–H and O–H groups in total. The zero-order valence-corrected chi connectivity index (χ0v) is 28.3. The molecule has 46 heavy (non-hydrogen) atoms. The Balaban J connectivity index is 2.28. The van der Waals surface area contributed by atoms with Crippen LogP contribution in [0.4, 0.5) is 4.79 Å². The Hall–Kier alpha value is -3.60. The zero-order chi connectivity index (χ0) is 34.6. The second-order valence-corrected chi connectivity index (χ2v) is 11.9. The molecule has 0 saturated heterocycles. The van der Waals surface area contributed by atoms with E-state index in [4.69, 9.17) is 28.4 Å². The normalized spacial score (nSPS) is 12.0. The zero-order valence-electron chi connectivity index (χ0n) is 27.4. The Bertz CT molecular complexity index is 1120. The Morgan fingerprint density at radius 1 is 0.739 bits per heavy atom. The van der Waals surface area contributed by atoms with E-state index in [9.17, 15) is 24.0 Å². The van der Waals surface area contributed by atoms with Gasteiger partial charge in [0, 0.05) is 18.7 Å². The van der Waals surface area contributed by atoms with Gasteiger partial charge in [-0.1, -0.05) is 18.9 Å².